The van der Waals surface area contributed by atoms with E-state index in [1.165, 1.54) is 5.56 Å². The molecule has 1 aromatic carbocycles. The molecule has 2 heterocycles. The quantitative estimate of drug-likeness (QED) is 0.608. The lowest BCUT2D eigenvalue weighted by molar-refractivity contribution is 0.265. The summed E-state index contributed by atoms with van der Waals surface area (Å²) in [6.45, 7) is 12.7. The van der Waals surface area contributed by atoms with Gasteiger partial charge in [-0.3, -0.25) is 4.90 Å². The van der Waals surface area contributed by atoms with Crippen molar-refractivity contribution in [1.82, 2.24) is 25.3 Å². The number of aliphatic imine (C=N–C) groups is 1. The molecule has 146 valence electrons. The Morgan fingerprint density at radius 2 is 2.04 bits per heavy atom. The molecule has 2 N–H and O–H groups in total. The van der Waals surface area contributed by atoms with Crippen LogP contribution in [-0.2, 0) is 6.54 Å². The maximum absolute atomic E-state index is 4.80. The lowest BCUT2D eigenvalue weighted by Gasteiger charge is -2.22. The Balaban J connectivity index is 1.62. The highest BCUT2D eigenvalue weighted by Gasteiger charge is 2.31. The van der Waals surface area contributed by atoms with Gasteiger partial charge in [-0.05, 0) is 50.5 Å². The predicted octanol–water partition coefficient (Wildman–Crippen LogP) is 2.66. The number of likely N-dealkylation sites (tertiary alicyclic amines) is 1. The van der Waals surface area contributed by atoms with Gasteiger partial charge in [0.25, 0.3) is 0 Å². The molecule has 6 heteroatoms. The zero-order valence-corrected chi connectivity index (χ0v) is 16.9. The largest absolute Gasteiger partial charge is 0.357 e. The number of hydrogen-bond acceptors (Lipinski definition) is 3. The van der Waals surface area contributed by atoms with Gasteiger partial charge in [0.15, 0.2) is 5.96 Å². The van der Waals surface area contributed by atoms with Crippen LogP contribution in [0.2, 0.25) is 0 Å². The minimum atomic E-state index is 0.437. The molecule has 1 aliphatic rings. The minimum Gasteiger partial charge on any atom is -0.357 e. The summed E-state index contributed by atoms with van der Waals surface area (Å²) in [6.07, 6.45) is 3.74. The van der Waals surface area contributed by atoms with Crippen molar-refractivity contribution in [2.75, 3.05) is 19.6 Å². The van der Waals surface area contributed by atoms with Crippen LogP contribution in [0.15, 0.2) is 47.7 Å². The Morgan fingerprint density at radius 1 is 1.26 bits per heavy atom. The number of nitrogens with one attached hydrogen (secondary N) is 2. The van der Waals surface area contributed by atoms with Crippen molar-refractivity contribution in [3.8, 4) is 5.69 Å². The highest BCUT2D eigenvalue weighted by molar-refractivity contribution is 5.80. The van der Waals surface area contributed by atoms with Gasteiger partial charge in [-0.25, -0.2) is 9.67 Å². The number of rotatable bonds is 6. The maximum atomic E-state index is 4.80. The minimum absolute atomic E-state index is 0.437. The molecule has 1 aromatic heterocycles. The lowest BCUT2D eigenvalue weighted by atomic mass is 10.1. The van der Waals surface area contributed by atoms with Crippen molar-refractivity contribution in [3.05, 3.63) is 48.3 Å². The van der Waals surface area contributed by atoms with Crippen LogP contribution in [-0.4, -0.2) is 52.4 Å². The average molecular weight is 369 g/mol. The zero-order chi connectivity index (χ0) is 19.2. The Morgan fingerprint density at radius 3 is 2.63 bits per heavy atom. The average Bonchev–Trinajstić information content (AvgIpc) is 3.31. The molecule has 1 aliphatic heterocycles. The molecule has 0 spiro atoms. The van der Waals surface area contributed by atoms with Gasteiger partial charge in [-0.2, -0.15) is 5.10 Å². The molecular weight excluding hydrogens is 336 g/mol. The first-order chi connectivity index (χ1) is 13.1. The van der Waals surface area contributed by atoms with E-state index in [4.69, 9.17) is 4.99 Å². The fourth-order valence-corrected chi connectivity index (χ4v) is 3.46. The van der Waals surface area contributed by atoms with Crippen LogP contribution in [0.4, 0.5) is 0 Å². The van der Waals surface area contributed by atoms with Gasteiger partial charge in [0, 0.05) is 44.1 Å². The van der Waals surface area contributed by atoms with Gasteiger partial charge in [0.05, 0.1) is 12.2 Å². The standard InChI is InChI=1S/C21H32N6/c1-5-22-21(25-20-15-26(16(2)3)14-17(20)4)23-13-18-7-9-19(10-8-18)27-12-6-11-24-27/h6-12,16-17,20H,5,13-15H2,1-4H3,(H2,22,23,25). The van der Waals surface area contributed by atoms with Crippen LogP contribution in [0.1, 0.15) is 33.3 Å². The van der Waals surface area contributed by atoms with Gasteiger partial charge >= 0.3 is 0 Å². The first kappa shape index (κ1) is 19.4. The van der Waals surface area contributed by atoms with Crippen LogP contribution in [0.25, 0.3) is 5.69 Å². The number of guanidine groups is 1. The van der Waals surface area contributed by atoms with Crippen molar-refractivity contribution in [2.45, 2.75) is 46.3 Å². The van der Waals surface area contributed by atoms with Crippen molar-refractivity contribution >= 4 is 5.96 Å². The van der Waals surface area contributed by atoms with E-state index in [0.717, 1.165) is 31.3 Å². The van der Waals surface area contributed by atoms with Gasteiger partial charge in [0.1, 0.15) is 0 Å². The summed E-state index contributed by atoms with van der Waals surface area (Å²) in [4.78, 5) is 7.33. The fourth-order valence-electron chi connectivity index (χ4n) is 3.46. The first-order valence-electron chi connectivity index (χ1n) is 9.94. The van der Waals surface area contributed by atoms with E-state index in [-0.39, 0.29) is 0 Å². The zero-order valence-electron chi connectivity index (χ0n) is 16.9. The van der Waals surface area contributed by atoms with E-state index >= 15 is 0 Å². The van der Waals surface area contributed by atoms with Crippen molar-refractivity contribution in [2.24, 2.45) is 10.9 Å². The smallest absolute Gasteiger partial charge is 0.191 e. The van der Waals surface area contributed by atoms with E-state index in [0.29, 0.717) is 24.5 Å². The second-order valence-electron chi connectivity index (χ2n) is 7.59. The summed E-state index contributed by atoms with van der Waals surface area (Å²) in [5.74, 6) is 1.51. The molecule has 1 fully saturated rings. The van der Waals surface area contributed by atoms with Crippen LogP contribution >= 0.6 is 0 Å². The molecule has 0 saturated carbocycles. The number of hydrogen-bond donors (Lipinski definition) is 2. The summed E-state index contributed by atoms with van der Waals surface area (Å²) >= 11 is 0. The fraction of sp³-hybridized carbons (Fsp3) is 0.524. The summed E-state index contributed by atoms with van der Waals surface area (Å²) < 4.78 is 1.86. The lowest BCUT2D eigenvalue weighted by Crippen LogP contribution is -2.46. The Hall–Kier alpha value is -2.34. The number of benzene rings is 1. The van der Waals surface area contributed by atoms with Gasteiger partial charge in [-0.15, -0.1) is 0 Å². The SMILES string of the molecule is CCNC(=NCc1ccc(-n2cccn2)cc1)NC1CN(C(C)C)CC1C. The van der Waals surface area contributed by atoms with Crippen LogP contribution in [0.3, 0.4) is 0 Å². The molecule has 6 nitrogen and oxygen atoms in total. The third-order valence-electron chi connectivity index (χ3n) is 5.16. The molecule has 0 bridgehead atoms. The molecule has 2 aromatic rings. The molecule has 0 aliphatic carbocycles. The van der Waals surface area contributed by atoms with Crippen molar-refractivity contribution < 1.29 is 0 Å². The predicted molar refractivity (Wildman–Crippen MR) is 111 cm³/mol. The molecule has 0 amide bonds. The van der Waals surface area contributed by atoms with Crippen LogP contribution < -0.4 is 10.6 Å². The maximum Gasteiger partial charge on any atom is 0.191 e. The number of nitrogens with zero attached hydrogens (tertiary/aromatic N) is 4. The first-order valence-corrected chi connectivity index (χ1v) is 9.94. The molecule has 3 rings (SSSR count). The van der Waals surface area contributed by atoms with Crippen LogP contribution in [0.5, 0.6) is 0 Å². The Bertz CT molecular complexity index is 720. The highest BCUT2D eigenvalue weighted by atomic mass is 15.3. The summed E-state index contributed by atoms with van der Waals surface area (Å²) in [7, 11) is 0. The highest BCUT2D eigenvalue weighted by Crippen LogP contribution is 2.18. The van der Waals surface area contributed by atoms with Crippen molar-refractivity contribution in [1.29, 1.82) is 0 Å². The monoisotopic (exact) mass is 368 g/mol. The summed E-state index contributed by atoms with van der Waals surface area (Å²) in [6, 6.07) is 11.3. The second kappa shape index (κ2) is 9.04. The third-order valence-corrected chi connectivity index (χ3v) is 5.16. The van der Waals surface area contributed by atoms with Gasteiger partial charge in [-0.1, -0.05) is 19.1 Å². The number of aromatic nitrogens is 2. The molecule has 2 atom stereocenters. The molecule has 0 radical (unpaired) electrons. The molecule has 1 saturated heterocycles. The van der Waals surface area contributed by atoms with Gasteiger partial charge in [0.2, 0.25) is 0 Å². The topological polar surface area (TPSA) is 57.5 Å². The molecular formula is C21H32N6. The summed E-state index contributed by atoms with van der Waals surface area (Å²) in [5.41, 5.74) is 2.25. The molecule has 27 heavy (non-hydrogen) atoms. The summed E-state index contributed by atoms with van der Waals surface area (Å²) in [5, 5.41) is 11.3. The third kappa shape index (κ3) is 5.10. The van der Waals surface area contributed by atoms with E-state index in [2.05, 4.69) is 72.6 Å². The van der Waals surface area contributed by atoms with E-state index in [9.17, 15) is 0 Å². The van der Waals surface area contributed by atoms with Crippen LogP contribution in [0, 0.1) is 5.92 Å². The van der Waals surface area contributed by atoms with Crippen molar-refractivity contribution in [3.63, 3.8) is 0 Å². The van der Waals surface area contributed by atoms with E-state index in [1.54, 1.807) is 6.20 Å². The normalized spacial score (nSPS) is 21.0. The Labute approximate surface area is 162 Å². The Kier molecular flexibility index (Phi) is 6.50. The second-order valence-corrected chi connectivity index (χ2v) is 7.59. The molecule has 2 unspecified atom stereocenters. The van der Waals surface area contributed by atoms with E-state index < -0.39 is 0 Å². The van der Waals surface area contributed by atoms with E-state index in [1.807, 2.05) is 16.9 Å². The van der Waals surface area contributed by atoms with Gasteiger partial charge < -0.3 is 10.6 Å².